The molecule has 3 aromatic rings. The number of hydrogen-bond donors (Lipinski definition) is 2. The third-order valence-electron chi connectivity index (χ3n) is 5.99. The number of carbonyl (C=O) groups is 1. The molecule has 0 unspecified atom stereocenters. The van der Waals surface area contributed by atoms with Crippen molar-refractivity contribution in [1.29, 1.82) is 0 Å². The summed E-state index contributed by atoms with van der Waals surface area (Å²) in [6, 6.07) is 2.46. The summed E-state index contributed by atoms with van der Waals surface area (Å²) in [7, 11) is 2.11. The van der Waals surface area contributed by atoms with Crippen molar-refractivity contribution in [2.75, 3.05) is 25.0 Å². The van der Waals surface area contributed by atoms with Crippen molar-refractivity contribution in [2.45, 2.75) is 25.3 Å². The number of likely N-dealkylation sites (tertiary alicyclic amines) is 1. The molecule has 0 radical (unpaired) electrons. The van der Waals surface area contributed by atoms with Crippen LogP contribution in [0.1, 0.15) is 18.7 Å². The van der Waals surface area contributed by atoms with Crippen molar-refractivity contribution < 1.29 is 4.79 Å². The first-order chi connectivity index (χ1) is 13.2. The van der Waals surface area contributed by atoms with Gasteiger partial charge in [0.1, 0.15) is 17.8 Å². The second-order valence-corrected chi connectivity index (χ2v) is 7.50. The van der Waals surface area contributed by atoms with Gasteiger partial charge in [0.05, 0.1) is 11.8 Å². The zero-order valence-corrected chi connectivity index (χ0v) is 15.0. The van der Waals surface area contributed by atoms with Gasteiger partial charge < -0.3 is 14.8 Å². The Morgan fingerprint density at radius 1 is 1.30 bits per heavy atom. The SMILES string of the molecule is CN(c1ncnc2[nH]ccc12)[C@H]1C[C@@H]2CN(C(=O)Cc3nn[nH]n3)C[C@@H]2C1. The summed E-state index contributed by atoms with van der Waals surface area (Å²) in [6.07, 6.45) is 5.86. The van der Waals surface area contributed by atoms with Gasteiger partial charge in [-0.25, -0.2) is 9.97 Å². The van der Waals surface area contributed by atoms with Crippen LogP contribution in [-0.2, 0) is 11.2 Å². The predicted octanol–water partition coefficient (Wildman–Crippen LogP) is 0.387. The maximum atomic E-state index is 12.5. The Kier molecular flexibility index (Phi) is 3.76. The van der Waals surface area contributed by atoms with Crippen LogP contribution >= 0.6 is 0 Å². The lowest BCUT2D eigenvalue weighted by atomic mass is 10.0. The lowest BCUT2D eigenvalue weighted by molar-refractivity contribution is -0.129. The number of hydrogen-bond acceptors (Lipinski definition) is 7. The number of carbonyl (C=O) groups excluding carboxylic acids is 1. The monoisotopic (exact) mass is 367 g/mol. The molecule has 0 aromatic carbocycles. The van der Waals surface area contributed by atoms with E-state index in [2.05, 4.69) is 47.5 Å². The normalized spacial score (nSPS) is 24.5. The second-order valence-electron chi connectivity index (χ2n) is 7.50. The minimum atomic E-state index is 0.0838. The molecule has 1 saturated carbocycles. The summed E-state index contributed by atoms with van der Waals surface area (Å²) in [4.78, 5) is 28.6. The summed E-state index contributed by atoms with van der Waals surface area (Å²) in [5.74, 6) is 2.58. The summed E-state index contributed by atoms with van der Waals surface area (Å²) in [5, 5.41) is 14.7. The van der Waals surface area contributed by atoms with Crippen molar-refractivity contribution in [3.05, 3.63) is 24.4 Å². The smallest absolute Gasteiger partial charge is 0.230 e. The quantitative estimate of drug-likeness (QED) is 0.684. The number of aromatic amines is 2. The van der Waals surface area contributed by atoms with E-state index in [9.17, 15) is 4.79 Å². The van der Waals surface area contributed by atoms with Gasteiger partial charge >= 0.3 is 0 Å². The van der Waals surface area contributed by atoms with Crippen molar-refractivity contribution in [3.8, 4) is 0 Å². The number of anilines is 1. The van der Waals surface area contributed by atoms with Crippen molar-refractivity contribution in [3.63, 3.8) is 0 Å². The number of tetrazole rings is 1. The summed E-state index contributed by atoms with van der Waals surface area (Å²) < 4.78 is 0. The van der Waals surface area contributed by atoms with Crippen molar-refractivity contribution in [1.82, 2.24) is 40.5 Å². The molecule has 2 N–H and O–H groups in total. The van der Waals surface area contributed by atoms with Crippen LogP contribution in [-0.4, -0.2) is 72.6 Å². The first-order valence-corrected chi connectivity index (χ1v) is 9.20. The van der Waals surface area contributed by atoms with E-state index in [-0.39, 0.29) is 12.3 Å². The van der Waals surface area contributed by atoms with Gasteiger partial charge in [-0.05, 0) is 30.7 Å². The molecule has 10 nitrogen and oxygen atoms in total. The highest BCUT2D eigenvalue weighted by atomic mass is 16.2. The molecule has 0 bridgehead atoms. The fraction of sp³-hybridized carbons (Fsp3) is 0.529. The maximum Gasteiger partial charge on any atom is 0.230 e. The fourth-order valence-electron chi connectivity index (χ4n) is 4.60. The molecule has 27 heavy (non-hydrogen) atoms. The van der Waals surface area contributed by atoms with Crippen LogP contribution in [0.4, 0.5) is 5.82 Å². The van der Waals surface area contributed by atoms with E-state index in [0.717, 1.165) is 42.8 Å². The van der Waals surface area contributed by atoms with Crippen LogP contribution in [0.15, 0.2) is 18.6 Å². The van der Waals surface area contributed by atoms with E-state index >= 15 is 0 Å². The van der Waals surface area contributed by atoms with Crippen LogP contribution < -0.4 is 4.90 Å². The Morgan fingerprint density at radius 3 is 2.85 bits per heavy atom. The molecule has 1 aliphatic heterocycles. The van der Waals surface area contributed by atoms with Gasteiger partial charge in [0, 0.05) is 32.4 Å². The molecule has 3 atom stereocenters. The summed E-state index contributed by atoms with van der Waals surface area (Å²) in [6.45, 7) is 1.63. The Bertz CT molecular complexity index is 938. The minimum absolute atomic E-state index is 0.0838. The highest BCUT2D eigenvalue weighted by molar-refractivity contribution is 5.87. The lowest BCUT2D eigenvalue weighted by Crippen LogP contribution is -2.35. The largest absolute Gasteiger partial charge is 0.356 e. The third-order valence-corrected chi connectivity index (χ3v) is 5.99. The molecule has 1 saturated heterocycles. The number of nitrogens with one attached hydrogen (secondary N) is 2. The zero-order valence-electron chi connectivity index (χ0n) is 15.0. The van der Waals surface area contributed by atoms with Crippen LogP contribution in [0.25, 0.3) is 11.0 Å². The molecule has 140 valence electrons. The number of fused-ring (bicyclic) bond motifs is 2. The van der Waals surface area contributed by atoms with Gasteiger partial charge in [-0.1, -0.05) is 5.21 Å². The first kappa shape index (κ1) is 16.2. The van der Waals surface area contributed by atoms with Gasteiger partial charge in [0.15, 0.2) is 5.82 Å². The average molecular weight is 367 g/mol. The van der Waals surface area contributed by atoms with E-state index in [1.807, 2.05) is 17.2 Å². The first-order valence-electron chi connectivity index (χ1n) is 9.20. The van der Waals surface area contributed by atoms with Crippen LogP contribution in [0.5, 0.6) is 0 Å². The molecule has 3 aromatic heterocycles. The number of aromatic nitrogens is 7. The van der Waals surface area contributed by atoms with Gasteiger partial charge in [-0.3, -0.25) is 4.79 Å². The average Bonchev–Trinajstić information content (AvgIpc) is 3.42. The molecular weight excluding hydrogens is 346 g/mol. The molecule has 5 rings (SSSR count). The second kappa shape index (κ2) is 6.29. The molecule has 2 aliphatic rings. The highest BCUT2D eigenvalue weighted by Gasteiger charge is 2.43. The molecule has 1 aliphatic carbocycles. The van der Waals surface area contributed by atoms with E-state index in [0.29, 0.717) is 23.7 Å². The number of amides is 1. The van der Waals surface area contributed by atoms with Gasteiger partial charge in [-0.2, -0.15) is 5.21 Å². The topological polar surface area (TPSA) is 120 Å². The van der Waals surface area contributed by atoms with Crippen LogP contribution in [0, 0.1) is 11.8 Å². The van der Waals surface area contributed by atoms with Crippen molar-refractivity contribution >= 4 is 22.8 Å². The number of nitrogens with zero attached hydrogens (tertiary/aromatic N) is 7. The van der Waals surface area contributed by atoms with E-state index < -0.39 is 0 Å². The van der Waals surface area contributed by atoms with Gasteiger partial charge in [-0.15, -0.1) is 10.2 Å². The summed E-state index contributed by atoms with van der Waals surface area (Å²) in [5.41, 5.74) is 0.864. The molecule has 4 heterocycles. The van der Waals surface area contributed by atoms with E-state index in [1.54, 1.807) is 6.33 Å². The van der Waals surface area contributed by atoms with Gasteiger partial charge in [0.25, 0.3) is 0 Å². The Morgan fingerprint density at radius 2 is 2.11 bits per heavy atom. The number of H-pyrrole nitrogens is 2. The Hall–Kier alpha value is -3.04. The Labute approximate surface area is 155 Å². The van der Waals surface area contributed by atoms with E-state index in [4.69, 9.17) is 0 Å². The fourth-order valence-corrected chi connectivity index (χ4v) is 4.60. The Balaban J connectivity index is 1.24. The van der Waals surface area contributed by atoms with Crippen molar-refractivity contribution in [2.24, 2.45) is 11.8 Å². The molecule has 2 fully saturated rings. The molecule has 10 heteroatoms. The number of rotatable bonds is 4. The molecule has 1 amide bonds. The minimum Gasteiger partial charge on any atom is -0.356 e. The molecule has 0 spiro atoms. The summed E-state index contributed by atoms with van der Waals surface area (Å²) >= 11 is 0. The van der Waals surface area contributed by atoms with Crippen LogP contribution in [0.2, 0.25) is 0 Å². The van der Waals surface area contributed by atoms with Crippen LogP contribution in [0.3, 0.4) is 0 Å². The standard InChI is InChI=1S/C17H21N9O/c1-25(17-13-2-3-18-16(13)19-9-20-17)12-4-10-7-26(8-11(10)5-12)15(27)6-14-21-23-24-22-14/h2-3,9-12H,4-8H2,1H3,(H,18,19,20)(H,21,22,23,24)/t10-,11+,12+. The third kappa shape index (κ3) is 2.81. The van der Waals surface area contributed by atoms with Gasteiger partial charge in [0.2, 0.25) is 5.91 Å². The lowest BCUT2D eigenvalue weighted by Gasteiger charge is -2.28. The highest BCUT2D eigenvalue weighted by Crippen LogP contribution is 2.41. The maximum absolute atomic E-state index is 12.5. The van der Waals surface area contributed by atoms with E-state index in [1.165, 1.54) is 0 Å². The predicted molar refractivity (Wildman–Crippen MR) is 96.8 cm³/mol. The molecular formula is C17H21N9O. The zero-order chi connectivity index (χ0) is 18.4.